The predicted molar refractivity (Wildman–Crippen MR) is 80.7 cm³/mol. The molecule has 2 aromatic rings. The second-order valence-electron chi connectivity index (χ2n) is 4.59. The molecule has 122 valence electrons. The lowest BCUT2D eigenvalue weighted by molar-refractivity contribution is -0.178. The normalized spacial score (nSPS) is 11.0. The van der Waals surface area contributed by atoms with E-state index in [0.717, 1.165) is 6.26 Å². The van der Waals surface area contributed by atoms with E-state index in [2.05, 4.69) is 4.89 Å². The second-order valence-corrected chi connectivity index (χ2v) is 6.61. The number of rotatable bonds is 6. The molecule has 0 atom stereocenters. The highest BCUT2D eigenvalue weighted by molar-refractivity contribution is 7.90. The SMILES string of the molecule is COOc1cc(Oc2ccc(S(C)(=O)=O)cc2)cc(C(=O)O)c1. The van der Waals surface area contributed by atoms with Crippen molar-refractivity contribution in [1.29, 1.82) is 0 Å². The first-order valence-corrected chi connectivity index (χ1v) is 8.26. The van der Waals surface area contributed by atoms with Crippen LogP contribution < -0.4 is 9.62 Å². The topological polar surface area (TPSA) is 99.1 Å². The van der Waals surface area contributed by atoms with Crippen LogP contribution >= 0.6 is 0 Å². The van der Waals surface area contributed by atoms with Crippen LogP contribution in [-0.4, -0.2) is 32.9 Å². The predicted octanol–water partition coefficient (Wildman–Crippen LogP) is 2.52. The molecular weight excluding hydrogens is 324 g/mol. The molecule has 0 fully saturated rings. The molecule has 0 radical (unpaired) electrons. The molecule has 0 saturated heterocycles. The smallest absolute Gasteiger partial charge is 0.335 e. The lowest BCUT2D eigenvalue weighted by Crippen LogP contribution is -2.00. The number of carbonyl (C=O) groups is 1. The number of benzene rings is 2. The van der Waals surface area contributed by atoms with E-state index in [9.17, 15) is 13.2 Å². The maximum Gasteiger partial charge on any atom is 0.335 e. The Morgan fingerprint density at radius 2 is 1.61 bits per heavy atom. The van der Waals surface area contributed by atoms with E-state index < -0.39 is 15.8 Å². The standard InChI is InChI=1S/C15H14O7S/c1-20-22-13-8-10(15(16)17)7-12(9-13)21-11-3-5-14(6-4-11)23(2,18)19/h3-9H,1-2H3,(H,16,17). The Kier molecular flexibility index (Phi) is 4.87. The van der Waals surface area contributed by atoms with Crippen molar-refractivity contribution in [3.63, 3.8) is 0 Å². The maximum atomic E-state index is 11.4. The van der Waals surface area contributed by atoms with E-state index in [4.69, 9.17) is 14.7 Å². The Hall–Kier alpha value is -2.58. The van der Waals surface area contributed by atoms with Gasteiger partial charge >= 0.3 is 5.97 Å². The van der Waals surface area contributed by atoms with Gasteiger partial charge in [0.2, 0.25) is 0 Å². The van der Waals surface area contributed by atoms with E-state index in [1.54, 1.807) is 0 Å². The summed E-state index contributed by atoms with van der Waals surface area (Å²) in [6.45, 7) is 0. The molecule has 0 saturated carbocycles. The first kappa shape index (κ1) is 16.8. The van der Waals surface area contributed by atoms with Crippen LogP contribution in [0.15, 0.2) is 47.4 Å². The summed E-state index contributed by atoms with van der Waals surface area (Å²) >= 11 is 0. The minimum atomic E-state index is -3.29. The Balaban J connectivity index is 2.30. The van der Waals surface area contributed by atoms with Crippen molar-refractivity contribution >= 4 is 15.8 Å². The fourth-order valence-electron chi connectivity index (χ4n) is 1.79. The first-order chi connectivity index (χ1) is 10.8. The van der Waals surface area contributed by atoms with Crippen LogP contribution in [0, 0.1) is 0 Å². The molecule has 0 aliphatic rings. The summed E-state index contributed by atoms with van der Waals surface area (Å²) in [4.78, 5) is 20.6. The monoisotopic (exact) mass is 338 g/mol. The van der Waals surface area contributed by atoms with Gasteiger partial charge in [-0.05, 0) is 36.4 Å². The van der Waals surface area contributed by atoms with Crippen molar-refractivity contribution in [3.05, 3.63) is 48.0 Å². The van der Waals surface area contributed by atoms with Crippen LogP contribution in [0.4, 0.5) is 0 Å². The lowest BCUT2D eigenvalue weighted by Gasteiger charge is -2.09. The summed E-state index contributed by atoms with van der Waals surface area (Å²) in [5, 5.41) is 9.08. The number of carboxylic acids is 1. The maximum absolute atomic E-state index is 11.4. The number of hydrogen-bond donors (Lipinski definition) is 1. The van der Waals surface area contributed by atoms with Crippen molar-refractivity contribution in [3.8, 4) is 17.2 Å². The molecular formula is C15H14O7S. The van der Waals surface area contributed by atoms with Crippen LogP contribution in [0.5, 0.6) is 17.2 Å². The average molecular weight is 338 g/mol. The Labute approximate surface area is 132 Å². The molecule has 0 aliphatic carbocycles. The lowest BCUT2D eigenvalue weighted by atomic mass is 10.2. The van der Waals surface area contributed by atoms with E-state index >= 15 is 0 Å². The second kappa shape index (κ2) is 6.67. The highest BCUT2D eigenvalue weighted by Crippen LogP contribution is 2.28. The van der Waals surface area contributed by atoms with E-state index in [1.807, 2.05) is 0 Å². The fraction of sp³-hybridized carbons (Fsp3) is 0.133. The summed E-state index contributed by atoms with van der Waals surface area (Å²) in [5.74, 6) is -0.425. The van der Waals surface area contributed by atoms with Gasteiger partial charge in [-0.15, -0.1) is 0 Å². The molecule has 0 bridgehead atoms. The van der Waals surface area contributed by atoms with E-state index in [1.165, 1.54) is 49.6 Å². The number of carboxylic acid groups (broad SMARTS) is 1. The van der Waals surface area contributed by atoms with Gasteiger partial charge in [-0.25, -0.2) is 13.2 Å². The van der Waals surface area contributed by atoms with Gasteiger partial charge in [0.05, 0.1) is 17.6 Å². The van der Waals surface area contributed by atoms with Crippen molar-refractivity contribution in [2.45, 2.75) is 4.90 Å². The highest BCUT2D eigenvalue weighted by Gasteiger charge is 2.11. The molecule has 2 aromatic carbocycles. The first-order valence-electron chi connectivity index (χ1n) is 6.36. The number of aromatic carboxylic acids is 1. The fourth-order valence-corrected chi connectivity index (χ4v) is 2.42. The van der Waals surface area contributed by atoms with Crippen molar-refractivity contribution in [1.82, 2.24) is 0 Å². The van der Waals surface area contributed by atoms with Gasteiger partial charge in [-0.2, -0.15) is 4.89 Å². The van der Waals surface area contributed by atoms with Gasteiger partial charge in [0.15, 0.2) is 15.6 Å². The minimum Gasteiger partial charge on any atom is -0.478 e. The van der Waals surface area contributed by atoms with Crippen LogP contribution in [-0.2, 0) is 14.7 Å². The molecule has 0 aliphatic heterocycles. The van der Waals surface area contributed by atoms with Crippen molar-refractivity contribution < 1.29 is 32.8 Å². The van der Waals surface area contributed by atoms with Gasteiger partial charge in [0.25, 0.3) is 0 Å². The number of hydrogen-bond acceptors (Lipinski definition) is 6. The number of ether oxygens (including phenoxy) is 1. The zero-order chi connectivity index (χ0) is 17.0. The molecule has 0 aromatic heterocycles. The molecule has 7 nitrogen and oxygen atoms in total. The Morgan fingerprint density at radius 3 is 2.13 bits per heavy atom. The van der Waals surface area contributed by atoms with E-state index in [0.29, 0.717) is 5.75 Å². The molecule has 23 heavy (non-hydrogen) atoms. The van der Waals surface area contributed by atoms with E-state index in [-0.39, 0.29) is 22.0 Å². The summed E-state index contributed by atoms with van der Waals surface area (Å²) < 4.78 is 28.3. The highest BCUT2D eigenvalue weighted by atomic mass is 32.2. The molecule has 8 heteroatoms. The molecule has 2 rings (SSSR count). The van der Waals surface area contributed by atoms with Gasteiger partial charge in [-0.3, -0.25) is 0 Å². The third kappa shape index (κ3) is 4.44. The van der Waals surface area contributed by atoms with Crippen LogP contribution in [0.25, 0.3) is 0 Å². The van der Waals surface area contributed by atoms with Gasteiger partial charge in [0.1, 0.15) is 11.5 Å². The summed E-state index contributed by atoms with van der Waals surface area (Å²) in [7, 11) is -2.00. The van der Waals surface area contributed by atoms with Gasteiger partial charge < -0.3 is 14.7 Å². The van der Waals surface area contributed by atoms with Crippen LogP contribution in [0.2, 0.25) is 0 Å². The summed E-state index contributed by atoms with van der Waals surface area (Å²) in [6, 6.07) is 9.79. The van der Waals surface area contributed by atoms with Crippen LogP contribution in [0.3, 0.4) is 0 Å². The molecule has 0 unspecified atom stereocenters. The third-order valence-electron chi connectivity index (χ3n) is 2.79. The quantitative estimate of drug-likeness (QED) is 0.638. The molecule has 0 amide bonds. The van der Waals surface area contributed by atoms with Gasteiger partial charge in [0, 0.05) is 12.3 Å². The zero-order valence-electron chi connectivity index (χ0n) is 12.3. The van der Waals surface area contributed by atoms with Gasteiger partial charge in [-0.1, -0.05) is 0 Å². The third-order valence-corrected chi connectivity index (χ3v) is 3.92. The van der Waals surface area contributed by atoms with Crippen molar-refractivity contribution in [2.24, 2.45) is 0 Å². The molecule has 1 N–H and O–H groups in total. The Morgan fingerprint density at radius 1 is 1.00 bits per heavy atom. The molecule has 0 spiro atoms. The van der Waals surface area contributed by atoms with Crippen LogP contribution in [0.1, 0.15) is 10.4 Å². The summed E-state index contributed by atoms with van der Waals surface area (Å²) in [5.41, 5.74) is -0.0395. The molecule has 0 heterocycles. The summed E-state index contributed by atoms with van der Waals surface area (Å²) in [6.07, 6.45) is 1.10. The number of sulfone groups is 1. The minimum absolute atomic E-state index is 0.0395. The Bertz CT molecular complexity index is 810. The largest absolute Gasteiger partial charge is 0.478 e. The van der Waals surface area contributed by atoms with Crippen molar-refractivity contribution in [2.75, 3.05) is 13.4 Å². The zero-order valence-corrected chi connectivity index (χ0v) is 13.2. The average Bonchev–Trinajstić information content (AvgIpc) is 2.47.